The maximum Gasteiger partial charge on any atom is 0.263 e. The first kappa shape index (κ1) is 15.4. The van der Waals surface area contributed by atoms with Gasteiger partial charge >= 0.3 is 0 Å². The molecule has 0 spiro atoms. The highest BCUT2D eigenvalue weighted by Gasteiger charge is 2.16. The largest absolute Gasteiger partial charge is 0.390 e. The van der Waals surface area contributed by atoms with Gasteiger partial charge in [0, 0.05) is 31.7 Å². The Bertz CT molecular complexity index is 736. The van der Waals surface area contributed by atoms with E-state index in [-0.39, 0.29) is 11.5 Å². The van der Waals surface area contributed by atoms with Gasteiger partial charge in [0.05, 0.1) is 12.3 Å². The van der Waals surface area contributed by atoms with Gasteiger partial charge in [-0.3, -0.25) is 4.72 Å². The first-order valence-corrected chi connectivity index (χ1v) is 7.91. The van der Waals surface area contributed by atoms with Gasteiger partial charge in [-0.25, -0.2) is 8.42 Å². The number of rotatable bonds is 5. The molecule has 0 radical (unpaired) electrons. The van der Waals surface area contributed by atoms with E-state index in [1.54, 1.807) is 12.1 Å². The second kappa shape index (κ2) is 5.79. The van der Waals surface area contributed by atoms with Gasteiger partial charge in [-0.1, -0.05) is 6.07 Å². The van der Waals surface area contributed by atoms with Crippen molar-refractivity contribution in [3.63, 3.8) is 0 Å². The van der Waals surface area contributed by atoms with Crippen LogP contribution in [0, 0.1) is 6.92 Å². The Kier molecular flexibility index (Phi) is 4.24. The van der Waals surface area contributed by atoms with E-state index in [0.29, 0.717) is 11.4 Å². The van der Waals surface area contributed by atoms with E-state index in [0.717, 1.165) is 11.3 Å². The van der Waals surface area contributed by atoms with E-state index in [2.05, 4.69) is 9.71 Å². The fourth-order valence-corrected chi connectivity index (χ4v) is 3.10. The Labute approximate surface area is 124 Å². The molecule has 21 heavy (non-hydrogen) atoms. The normalized spacial score (nSPS) is 11.4. The minimum atomic E-state index is -3.67. The summed E-state index contributed by atoms with van der Waals surface area (Å²) in [5.74, 6) is 0. The number of hydrogen-bond donors (Lipinski definition) is 3. The highest BCUT2D eigenvalue weighted by Crippen LogP contribution is 2.24. The molecule has 1 aromatic heterocycles. The van der Waals surface area contributed by atoms with Crippen molar-refractivity contribution in [2.75, 3.05) is 23.7 Å². The Morgan fingerprint density at radius 1 is 1.29 bits per heavy atom. The van der Waals surface area contributed by atoms with E-state index in [1.807, 2.05) is 32.0 Å². The number of benzene rings is 1. The van der Waals surface area contributed by atoms with Gasteiger partial charge < -0.3 is 15.0 Å². The number of sulfonamides is 1. The number of aliphatic hydroxyl groups is 1. The number of aromatic amines is 1. The van der Waals surface area contributed by atoms with Gasteiger partial charge in [0.25, 0.3) is 10.0 Å². The molecule has 3 N–H and O–H groups in total. The van der Waals surface area contributed by atoms with E-state index in [9.17, 15) is 8.42 Å². The summed E-state index contributed by atoms with van der Waals surface area (Å²) >= 11 is 0. The summed E-state index contributed by atoms with van der Waals surface area (Å²) in [4.78, 5) is 4.73. The molecule has 0 aliphatic carbocycles. The van der Waals surface area contributed by atoms with Crippen LogP contribution in [-0.2, 0) is 16.6 Å². The first-order valence-electron chi connectivity index (χ1n) is 6.42. The number of aryl methyl sites for hydroxylation is 1. The second-order valence-electron chi connectivity index (χ2n) is 5.02. The molecule has 0 aliphatic heterocycles. The van der Waals surface area contributed by atoms with Gasteiger partial charge in [-0.05, 0) is 30.7 Å². The van der Waals surface area contributed by atoms with Gasteiger partial charge in [-0.2, -0.15) is 0 Å². The van der Waals surface area contributed by atoms with E-state index >= 15 is 0 Å². The van der Waals surface area contributed by atoms with Crippen molar-refractivity contribution in [2.24, 2.45) is 0 Å². The fourth-order valence-electron chi connectivity index (χ4n) is 2.03. The van der Waals surface area contributed by atoms with Gasteiger partial charge in [0.1, 0.15) is 4.90 Å². The van der Waals surface area contributed by atoms with Crippen molar-refractivity contribution >= 4 is 21.4 Å². The number of nitrogens with one attached hydrogen (secondary N) is 2. The van der Waals surface area contributed by atoms with Crippen molar-refractivity contribution in [3.05, 3.63) is 41.7 Å². The zero-order valence-electron chi connectivity index (χ0n) is 12.2. The third-order valence-electron chi connectivity index (χ3n) is 3.14. The van der Waals surface area contributed by atoms with Crippen molar-refractivity contribution in [2.45, 2.75) is 18.4 Å². The van der Waals surface area contributed by atoms with Crippen LogP contribution in [0.1, 0.15) is 11.3 Å². The summed E-state index contributed by atoms with van der Waals surface area (Å²) in [5, 5.41) is 8.98. The van der Waals surface area contributed by atoms with Crippen LogP contribution >= 0.6 is 0 Å². The molecule has 0 saturated carbocycles. The number of aliphatic hydroxyl groups excluding tert-OH is 1. The van der Waals surface area contributed by atoms with Crippen LogP contribution in [-0.4, -0.2) is 32.6 Å². The maximum atomic E-state index is 12.3. The molecule has 0 bridgehead atoms. The molecular formula is C14H19N3O3S. The Morgan fingerprint density at radius 3 is 2.57 bits per heavy atom. The summed E-state index contributed by atoms with van der Waals surface area (Å²) < 4.78 is 27.1. The average Bonchev–Trinajstić information content (AvgIpc) is 2.90. The van der Waals surface area contributed by atoms with Crippen molar-refractivity contribution in [3.8, 4) is 0 Å². The lowest BCUT2D eigenvalue weighted by Gasteiger charge is -2.17. The van der Waals surface area contributed by atoms with Gasteiger partial charge in [-0.15, -0.1) is 0 Å². The zero-order valence-corrected chi connectivity index (χ0v) is 13.0. The third kappa shape index (κ3) is 3.37. The molecular weight excluding hydrogens is 290 g/mol. The maximum absolute atomic E-state index is 12.3. The molecule has 0 aliphatic rings. The lowest BCUT2D eigenvalue weighted by atomic mass is 10.2. The SMILES string of the molecule is Cc1ccc(NS(=O)(=O)c2c[nH]c(CO)c2)cc1N(C)C. The average molecular weight is 309 g/mol. The van der Waals surface area contributed by atoms with Crippen LogP contribution in [0.3, 0.4) is 0 Å². The zero-order chi connectivity index (χ0) is 15.6. The molecule has 2 aromatic rings. The smallest absolute Gasteiger partial charge is 0.263 e. The molecule has 114 valence electrons. The van der Waals surface area contributed by atoms with Crippen molar-refractivity contribution in [1.82, 2.24) is 4.98 Å². The molecule has 0 fully saturated rings. The van der Waals surface area contributed by atoms with Crippen LogP contribution in [0.15, 0.2) is 35.4 Å². The highest BCUT2D eigenvalue weighted by molar-refractivity contribution is 7.92. The summed E-state index contributed by atoms with van der Waals surface area (Å²) in [6.45, 7) is 1.73. The molecule has 1 aromatic carbocycles. The van der Waals surface area contributed by atoms with E-state index < -0.39 is 10.0 Å². The Morgan fingerprint density at radius 2 is 2.00 bits per heavy atom. The molecule has 0 atom stereocenters. The predicted octanol–water partition coefficient (Wildman–Crippen LogP) is 1.68. The van der Waals surface area contributed by atoms with Gasteiger partial charge in [0.2, 0.25) is 0 Å². The molecule has 2 rings (SSSR count). The minimum Gasteiger partial charge on any atom is -0.390 e. The lowest BCUT2D eigenvalue weighted by Crippen LogP contribution is -2.14. The van der Waals surface area contributed by atoms with Crippen LogP contribution in [0.5, 0.6) is 0 Å². The summed E-state index contributed by atoms with van der Waals surface area (Å²) in [7, 11) is 0.137. The third-order valence-corrected chi connectivity index (χ3v) is 4.50. The first-order chi connectivity index (χ1) is 9.83. The van der Waals surface area contributed by atoms with Crippen molar-refractivity contribution in [1.29, 1.82) is 0 Å². The summed E-state index contributed by atoms with van der Waals surface area (Å²) in [6, 6.07) is 6.78. The quantitative estimate of drug-likeness (QED) is 0.784. The van der Waals surface area contributed by atoms with Crippen molar-refractivity contribution < 1.29 is 13.5 Å². The predicted molar refractivity (Wildman–Crippen MR) is 83.0 cm³/mol. The number of nitrogens with zero attached hydrogens (tertiary/aromatic N) is 1. The number of aromatic nitrogens is 1. The Hall–Kier alpha value is -1.99. The van der Waals surface area contributed by atoms with E-state index in [4.69, 9.17) is 5.11 Å². The molecule has 0 amide bonds. The summed E-state index contributed by atoms with van der Waals surface area (Å²) in [5.41, 5.74) is 2.96. The topological polar surface area (TPSA) is 85.4 Å². The molecule has 0 unspecified atom stereocenters. The van der Waals surface area contributed by atoms with Crippen LogP contribution < -0.4 is 9.62 Å². The summed E-state index contributed by atoms with van der Waals surface area (Å²) in [6.07, 6.45) is 1.36. The highest BCUT2D eigenvalue weighted by atomic mass is 32.2. The van der Waals surface area contributed by atoms with E-state index in [1.165, 1.54) is 12.3 Å². The van der Waals surface area contributed by atoms with Gasteiger partial charge in [0.15, 0.2) is 0 Å². The monoisotopic (exact) mass is 309 g/mol. The number of hydrogen-bond acceptors (Lipinski definition) is 4. The number of anilines is 2. The minimum absolute atomic E-state index is 0.0959. The molecule has 1 heterocycles. The molecule has 0 saturated heterocycles. The van der Waals surface area contributed by atoms with Crippen LogP contribution in [0.25, 0.3) is 0 Å². The number of H-pyrrole nitrogens is 1. The fraction of sp³-hybridized carbons (Fsp3) is 0.286. The molecule has 7 heteroatoms. The molecule has 6 nitrogen and oxygen atoms in total. The van der Waals surface area contributed by atoms with Crippen LogP contribution in [0.4, 0.5) is 11.4 Å². The Balaban J connectivity index is 2.30. The lowest BCUT2D eigenvalue weighted by molar-refractivity contribution is 0.277. The second-order valence-corrected chi connectivity index (χ2v) is 6.70. The van der Waals surface area contributed by atoms with Crippen LogP contribution in [0.2, 0.25) is 0 Å². The standard InChI is InChI=1S/C14H19N3O3S/c1-10-4-5-11(7-14(10)17(2)3)16-21(19,20)13-6-12(9-18)15-8-13/h4-8,15-16,18H,9H2,1-3H3.